The maximum Gasteiger partial charge on any atom is 0.127 e. The van der Waals surface area contributed by atoms with Gasteiger partial charge in [-0.15, -0.1) is 0 Å². The number of phenolic OH excluding ortho intramolecular Hbond substituents is 2. The molecular formula is C16H18O2. The molecule has 0 fully saturated rings. The van der Waals surface area contributed by atoms with Gasteiger partial charge in [0.15, 0.2) is 0 Å². The highest BCUT2D eigenvalue weighted by Gasteiger charge is 2.11. The molecule has 2 nitrogen and oxygen atoms in total. The Labute approximate surface area is 108 Å². The molecule has 2 N–H and O–H groups in total. The van der Waals surface area contributed by atoms with Crippen molar-refractivity contribution in [2.45, 2.75) is 26.7 Å². The Morgan fingerprint density at radius 3 is 2.28 bits per heavy atom. The van der Waals surface area contributed by atoms with Crippen LogP contribution in [-0.4, -0.2) is 10.2 Å². The molecule has 0 aliphatic carbocycles. The zero-order valence-corrected chi connectivity index (χ0v) is 10.8. The number of aromatic hydroxyl groups is 2. The molecule has 2 rings (SSSR count). The van der Waals surface area contributed by atoms with Gasteiger partial charge in [-0.25, -0.2) is 0 Å². The van der Waals surface area contributed by atoms with E-state index in [1.165, 1.54) is 17.2 Å². The smallest absolute Gasteiger partial charge is 0.127 e. The number of aryl methyl sites for hydroxylation is 1. The molecule has 2 heteroatoms. The number of hydrogen-bond donors (Lipinski definition) is 2. The lowest BCUT2D eigenvalue weighted by molar-refractivity contribution is 0.452. The first-order chi connectivity index (χ1) is 8.67. The lowest BCUT2D eigenvalue weighted by atomic mass is 9.92. The van der Waals surface area contributed by atoms with Crippen LogP contribution in [0.25, 0.3) is 11.1 Å². The van der Waals surface area contributed by atoms with Crippen LogP contribution in [0.15, 0.2) is 36.4 Å². The molecule has 0 atom stereocenters. The van der Waals surface area contributed by atoms with Crippen molar-refractivity contribution in [3.05, 3.63) is 47.5 Å². The van der Waals surface area contributed by atoms with E-state index in [2.05, 4.69) is 19.9 Å². The third kappa shape index (κ3) is 2.19. The SMILES string of the molecule is CCc1cccc(-c2ccc(O)cc2O)c1CC. The molecule has 2 aromatic rings. The second kappa shape index (κ2) is 5.13. The first-order valence-electron chi connectivity index (χ1n) is 6.30. The highest BCUT2D eigenvalue weighted by Crippen LogP contribution is 2.35. The van der Waals surface area contributed by atoms with E-state index in [0.29, 0.717) is 0 Å². The van der Waals surface area contributed by atoms with E-state index in [1.54, 1.807) is 12.1 Å². The molecule has 0 saturated heterocycles. The van der Waals surface area contributed by atoms with Gasteiger partial charge in [0.2, 0.25) is 0 Å². The summed E-state index contributed by atoms with van der Waals surface area (Å²) in [6.45, 7) is 4.25. The van der Waals surface area contributed by atoms with Crippen molar-refractivity contribution < 1.29 is 10.2 Å². The van der Waals surface area contributed by atoms with E-state index in [0.717, 1.165) is 24.0 Å². The van der Waals surface area contributed by atoms with Gasteiger partial charge in [-0.3, -0.25) is 0 Å². The van der Waals surface area contributed by atoms with Crippen LogP contribution >= 0.6 is 0 Å². The maximum absolute atomic E-state index is 9.97. The first kappa shape index (κ1) is 12.5. The first-order valence-corrected chi connectivity index (χ1v) is 6.30. The third-order valence-electron chi connectivity index (χ3n) is 3.28. The summed E-state index contributed by atoms with van der Waals surface area (Å²) in [5.74, 6) is 0.207. The molecule has 2 aromatic carbocycles. The summed E-state index contributed by atoms with van der Waals surface area (Å²) in [6, 6.07) is 10.9. The quantitative estimate of drug-likeness (QED) is 0.857. The Hall–Kier alpha value is -1.96. The lowest BCUT2D eigenvalue weighted by Gasteiger charge is -2.14. The summed E-state index contributed by atoms with van der Waals surface area (Å²) in [5.41, 5.74) is 4.40. The van der Waals surface area contributed by atoms with E-state index >= 15 is 0 Å². The van der Waals surface area contributed by atoms with Crippen molar-refractivity contribution in [2.75, 3.05) is 0 Å². The van der Waals surface area contributed by atoms with Gasteiger partial charge in [-0.05, 0) is 41.7 Å². The van der Waals surface area contributed by atoms with Gasteiger partial charge in [0.05, 0.1) is 0 Å². The van der Waals surface area contributed by atoms with Crippen LogP contribution in [0, 0.1) is 0 Å². The second-order valence-corrected chi connectivity index (χ2v) is 4.35. The van der Waals surface area contributed by atoms with Gasteiger partial charge in [-0.2, -0.15) is 0 Å². The van der Waals surface area contributed by atoms with Crippen molar-refractivity contribution in [1.82, 2.24) is 0 Å². The normalized spacial score (nSPS) is 10.6. The minimum absolute atomic E-state index is 0.0842. The topological polar surface area (TPSA) is 40.5 Å². The van der Waals surface area contributed by atoms with Crippen molar-refractivity contribution in [3.8, 4) is 22.6 Å². The van der Waals surface area contributed by atoms with Gasteiger partial charge >= 0.3 is 0 Å². The van der Waals surface area contributed by atoms with Crippen molar-refractivity contribution >= 4 is 0 Å². The average molecular weight is 242 g/mol. The number of hydrogen-bond acceptors (Lipinski definition) is 2. The molecule has 0 saturated carbocycles. The largest absolute Gasteiger partial charge is 0.508 e. The summed E-state index contributed by atoms with van der Waals surface area (Å²) < 4.78 is 0. The van der Waals surface area contributed by atoms with E-state index in [4.69, 9.17) is 0 Å². The van der Waals surface area contributed by atoms with Gasteiger partial charge < -0.3 is 10.2 Å². The van der Waals surface area contributed by atoms with Gasteiger partial charge in [0.25, 0.3) is 0 Å². The molecule has 0 heterocycles. The summed E-state index contributed by atoms with van der Waals surface area (Å²) in [5, 5.41) is 19.3. The molecule has 0 aliphatic rings. The van der Waals surface area contributed by atoms with E-state index in [9.17, 15) is 10.2 Å². The fourth-order valence-electron chi connectivity index (χ4n) is 2.38. The Morgan fingerprint density at radius 1 is 0.889 bits per heavy atom. The Balaban J connectivity index is 2.63. The minimum Gasteiger partial charge on any atom is -0.508 e. The highest BCUT2D eigenvalue weighted by molar-refractivity contribution is 5.75. The zero-order valence-electron chi connectivity index (χ0n) is 10.8. The van der Waals surface area contributed by atoms with Crippen LogP contribution in [0.5, 0.6) is 11.5 Å². The van der Waals surface area contributed by atoms with Crippen LogP contribution in [0.4, 0.5) is 0 Å². The van der Waals surface area contributed by atoms with E-state index in [-0.39, 0.29) is 11.5 Å². The van der Waals surface area contributed by atoms with Crippen LogP contribution in [0.3, 0.4) is 0 Å². The average Bonchev–Trinajstić information content (AvgIpc) is 2.37. The molecule has 0 radical (unpaired) electrons. The predicted octanol–water partition coefficient (Wildman–Crippen LogP) is 3.89. The van der Waals surface area contributed by atoms with Gasteiger partial charge in [0, 0.05) is 11.6 Å². The van der Waals surface area contributed by atoms with E-state index in [1.807, 2.05) is 12.1 Å². The number of benzene rings is 2. The molecule has 0 spiro atoms. The van der Waals surface area contributed by atoms with Crippen molar-refractivity contribution in [3.63, 3.8) is 0 Å². The molecule has 0 aliphatic heterocycles. The summed E-state index contributed by atoms with van der Waals surface area (Å²) in [4.78, 5) is 0. The van der Waals surface area contributed by atoms with Crippen LogP contribution in [-0.2, 0) is 12.8 Å². The highest BCUT2D eigenvalue weighted by atomic mass is 16.3. The molecule has 0 bridgehead atoms. The summed E-state index contributed by atoms with van der Waals surface area (Å²) in [6.07, 6.45) is 1.91. The molecule has 0 aromatic heterocycles. The summed E-state index contributed by atoms with van der Waals surface area (Å²) in [7, 11) is 0. The van der Waals surface area contributed by atoms with Crippen LogP contribution < -0.4 is 0 Å². The van der Waals surface area contributed by atoms with Crippen LogP contribution in [0.2, 0.25) is 0 Å². The third-order valence-corrected chi connectivity index (χ3v) is 3.28. The Kier molecular flexibility index (Phi) is 3.56. The Bertz CT molecular complexity index is 559. The fraction of sp³-hybridized carbons (Fsp3) is 0.250. The number of phenols is 2. The lowest BCUT2D eigenvalue weighted by Crippen LogP contribution is -1.95. The van der Waals surface area contributed by atoms with E-state index < -0.39 is 0 Å². The maximum atomic E-state index is 9.97. The molecular weight excluding hydrogens is 224 g/mol. The molecule has 0 unspecified atom stereocenters. The van der Waals surface area contributed by atoms with Gasteiger partial charge in [-0.1, -0.05) is 32.0 Å². The predicted molar refractivity (Wildman–Crippen MR) is 74.0 cm³/mol. The second-order valence-electron chi connectivity index (χ2n) is 4.35. The Morgan fingerprint density at radius 2 is 1.67 bits per heavy atom. The van der Waals surface area contributed by atoms with Crippen LogP contribution in [0.1, 0.15) is 25.0 Å². The van der Waals surface area contributed by atoms with Gasteiger partial charge in [0.1, 0.15) is 11.5 Å². The fourth-order valence-corrected chi connectivity index (χ4v) is 2.38. The zero-order chi connectivity index (χ0) is 13.1. The summed E-state index contributed by atoms with van der Waals surface area (Å²) >= 11 is 0. The molecule has 0 amide bonds. The van der Waals surface area contributed by atoms with Crippen molar-refractivity contribution in [1.29, 1.82) is 0 Å². The van der Waals surface area contributed by atoms with Crippen molar-refractivity contribution in [2.24, 2.45) is 0 Å². The standard InChI is InChI=1S/C16H18O2/c1-3-11-6-5-7-14(13(11)4-2)15-9-8-12(17)10-16(15)18/h5-10,17-18H,3-4H2,1-2H3. The monoisotopic (exact) mass is 242 g/mol. The minimum atomic E-state index is 0.0842. The number of rotatable bonds is 3. The molecule has 18 heavy (non-hydrogen) atoms. The molecule has 94 valence electrons.